The average Bonchev–Trinajstić information content (AvgIpc) is 2.87. The number of guanidine groups is 1. The van der Waals surface area contributed by atoms with Crippen LogP contribution in [-0.2, 0) is 18.9 Å². The SMILES string of the molecule is CN=C(NCC1(c2ccc(Cl)cc2)CCC1)NC(C)Cc1c(C)nn(C)c1C. The minimum absolute atomic E-state index is 0.183. The van der Waals surface area contributed by atoms with Gasteiger partial charge in [0.2, 0.25) is 0 Å². The molecule has 0 aliphatic heterocycles. The van der Waals surface area contributed by atoms with Gasteiger partial charge >= 0.3 is 0 Å². The van der Waals surface area contributed by atoms with Crippen LogP contribution in [0.25, 0.3) is 0 Å². The van der Waals surface area contributed by atoms with E-state index in [1.54, 1.807) is 0 Å². The second kappa shape index (κ2) is 8.56. The average molecular weight is 402 g/mol. The molecule has 0 radical (unpaired) electrons. The molecule has 1 aromatic heterocycles. The highest BCUT2D eigenvalue weighted by Gasteiger charge is 2.38. The molecular formula is C22H32ClN5. The molecule has 0 saturated heterocycles. The highest BCUT2D eigenvalue weighted by atomic mass is 35.5. The van der Waals surface area contributed by atoms with Crippen molar-refractivity contribution in [2.75, 3.05) is 13.6 Å². The second-order valence-electron chi connectivity index (χ2n) is 8.09. The Morgan fingerprint density at radius 1 is 1.29 bits per heavy atom. The monoisotopic (exact) mass is 401 g/mol. The van der Waals surface area contributed by atoms with Gasteiger partial charge in [-0.15, -0.1) is 0 Å². The molecule has 5 nitrogen and oxygen atoms in total. The van der Waals surface area contributed by atoms with E-state index in [1.165, 1.54) is 36.1 Å². The number of hydrogen-bond donors (Lipinski definition) is 2. The van der Waals surface area contributed by atoms with Gasteiger partial charge in [0.05, 0.1) is 5.69 Å². The van der Waals surface area contributed by atoms with E-state index in [1.807, 2.05) is 30.9 Å². The zero-order chi connectivity index (χ0) is 20.3. The van der Waals surface area contributed by atoms with E-state index < -0.39 is 0 Å². The lowest BCUT2D eigenvalue weighted by atomic mass is 9.64. The predicted molar refractivity (Wildman–Crippen MR) is 117 cm³/mol. The number of aromatic nitrogens is 2. The molecule has 2 N–H and O–H groups in total. The Bertz CT molecular complexity index is 833. The fourth-order valence-electron chi connectivity index (χ4n) is 4.13. The van der Waals surface area contributed by atoms with Crippen LogP contribution in [0.4, 0.5) is 0 Å². The first-order chi connectivity index (χ1) is 13.3. The number of benzene rings is 1. The topological polar surface area (TPSA) is 54.2 Å². The van der Waals surface area contributed by atoms with Gasteiger partial charge in [0, 0.05) is 42.8 Å². The Balaban J connectivity index is 1.60. The van der Waals surface area contributed by atoms with Crippen molar-refractivity contribution in [3.8, 4) is 0 Å². The van der Waals surface area contributed by atoms with E-state index in [-0.39, 0.29) is 11.5 Å². The van der Waals surface area contributed by atoms with Crippen molar-refractivity contribution in [3.63, 3.8) is 0 Å². The van der Waals surface area contributed by atoms with Crippen LogP contribution in [0.2, 0.25) is 5.02 Å². The number of halogens is 1. The van der Waals surface area contributed by atoms with Crippen LogP contribution in [0.1, 0.15) is 48.7 Å². The molecule has 28 heavy (non-hydrogen) atoms. The summed E-state index contributed by atoms with van der Waals surface area (Å²) in [4.78, 5) is 4.44. The van der Waals surface area contributed by atoms with Crippen molar-refractivity contribution in [1.29, 1.82) is 0 Å². The van der Waals surface area contributed by atoms with Crippen LogP contribution in [0.15, 0.2) is 29.3 Å². The van der Waals surface area contributed by atoms with Gasteiger partial charge in [-0.1, -0.05) is 30.2 Å². The molecule has 1 heterocycles. The molecule has 1 unspecified atom stereocenters. The van der Waals surface area contributed by atoms with Gasteiger partial charge < -0.3 is 10.6 Å². The summed E-state index contributed by atoms with van der Waals surface area (Å²) >= 11 is 6.07. The van der Waals surface area contributed by atoms with Crippen molar-refractivity contribution in [2.45, 2.75) is 57.9 Å². The summed E-state index contributed by atoms with van der Waals surface area (Å²) in [5.41, 5.74) is 5.19. The quantitative estimate of drug-likeness (QED) is 0.570. The molecule has 3 rings (SSSR count). The third-order valence-corrected chi connectivity index (χ3v) is 6.39. The van der Waals surface area contributed by atoms with Crippen molar-refractivity contribution in [3.05, 3.63) is 51.8 Å². The van der Waals surface area contributed by atoms with Crippen LogP contribution in [0.5, 0.6) is 0 Å². The van der Waals surface area contributed by atoms with E-state index in [2.05, 4.69) is 53.6 Å². The number of hydrogen-bond acceptors (Lipinski definition) is 2. The van der Waals surface area contributed by atoms with Gasteiger partial charge in [-0.05, 0) is 63.3 Å². The first-order valence-electron chi connectivity index (χ1n) is 10.1. The van der Waals surface area contributed by atoms with E-state index >= 15 is 0 Å². The highest BCUT2D eigenvalue weighted by Crippen LogP contribution is 2.43. The first-order valence-corrected chi connectivity index (χ1v) is 10.4. The third kappa shape index (κ3) is 4.35. The van der Waals surface area contributed by atoms with E-state index in [0.717, 1.165) is 29.6 Å². The van der Waals surface area contributed by atoms with Crippen molar-refractivity contribution in [1.82, 2.24) is 20.4 Å². The van der Waals surface area contributed by atoms with Gasteiger partial charge in [0.1, 0.15) is 0 Å². The molecule has 2 aromatic rings. The van der Waals surface area contributed by atoms with Crippen molar-refractivity contribution >= 4 is 17.6 Å². The lowest BCUT2D eigenvalue weighted by Gasteiger charge is -2.43. The smallest absolute Gasteiger partial charge is 0.191 e. The van der Waals surface area contributed by atoms with E-state index in [4.69, 9.17) is 11.6 Å². The second-order valence-corrected chi connectivity index (χ2v) is 8.53. The lowest BCUT2D eigenvalue weighted by molar-refractivity contribution is 0.243. The Hall–Kier alpha value is -2.01. The standard InChI is InChI=1S/C22H32ClN5/c1-15(13-20-16(2)27-28(5)17(20)3)26-21(24-4)25-14-22(11-6-12-22)18-7-9-19(23)10-8-18/h7-10,15H,6,11-14H2,1-5H3,(H2,24,25,26). The van der Waals surface area contributed by atoms with E-state index in [9.17, 15) is 0 Å². The number of nitrogens with zero attached hydrogens (tertiary/aromatic N) is 3. The van der Waals surface area contributed by atoms with Gasteiger partial charge in [-0.25, -0.2) is 0 Å². The molecular weight excluding hydrogens is 370 g/mol. The van der Waals surface area contributed by atoms with E-state index in [0.29, 0.717) is 0 Å². The molecule has 1 aliphatic rings. The lowest BCUT2D eigenvalue weighted by Crippen LogP contribution is -2.50. The molecule has 0 bridgehead atoms. The Labute approximate surface area is 173 Å². The number of aryl methyl sites for hydroxylation is 2. The fourth-order valence-corrected chi connectivity index (χ4v) is 4.25. The Morgan fingerprint density at radius 2 is 1.96 bits per heavy atom. The number of aliphatic imine (C=N–C) groups is 1. The zero-order valence-corrected chi connectivity index (χ0v) is 18.4. The van der Waals surface area contributed by atoms with Gasteiger partial charge in [-0.2, -0.15) is 5.10 Å². The van der Waals surface area contributed by atoms with Crippen LogP contribution in [0, 0.1) is 13.8 Å². The van der Waals surface area contributed by atoms with Crippen LogP contribution >= 0.6 is 11.6 Å². The molecule has 1 fully saturated rings. The molecule has 0 amide bonds. The van der Waals surface area contributed by atoms with Crippen molar-refractivity contribution in [2.24, 2.45) is 12.0 Å². The maximum absolute atomic E-state index is 6.07. The summed E-state index contributed by atoms with van der Waals surface area (Å²) in [7, 11) is 3.83. The first kappa shape index (κ1) is 20.7. The largest absolute Gasteiger partial charge is 0.356 e. The fraction of sp³-hybridized carbons (Fsp3) is 0.545. The van der Waals surface area contributed by atoms with Crippen LogP contribution in [-0.4, -0.2) is 35.4 Å². The summed E-state index contributed by atoms with van der Waals surface area (Å²) in [6.07, 6.45) is 4.59. The minimum Gasteiger partial charge on any atom is -0.356 e. The summed E-state index contributed by atoms with van der Waals surface area (Å²) in [5.74, 6) is 0.854. The van der Waals surface area contributed by atoms with Crippen LogP contribution < -0.4 is 10.6 Å². The summed E-state index contributed by atoms with van der Waals surface area (Å²) < 4.78 is 1.96. The Morgan fingerprint density at radius 3 is 2.46 bits per heavy atom. The molecule has 152 valence electrons. The normalized spacial score (nSPS) is 17.1. The summed E-state index contributed by atoms with van der Waals surface area (Å²) in [6.45, 7) is 7.28. The molecule has 6 heteroatoms. The molecule has 1 atom stereocenters. The summed E-state index contributed by atoms with van der Waals surface area (Å²) in [5, 5.41) is 12.4. The predicted octanol–water partition coefficient (Wildman–Crippen LogP) is 3.91. The maximum atomic E-state index is 6.07. The highest BCUT2D eigenvalue weighted by molar-refractivity contribution is 6.30. The van der Waals surface area contributed by atoms with Gasteiger partial charge in [-0.3, -0.25) is 9.67 Å². The molecule has 0 spiro atoms. The third-order valence-electron chi connectivity index (χ3n) is 6.14. The Kier molecular flexibility index (Phi) is 6.33. The van der Waals surface area contributed by atoms with Crippen molar-refractivity contribution < 1.29 is 0 Å². The van der Waals surface area contributed by atoms with Gasteiger partial charge in [0.15, 0.2) is 5.96 Å². The molecule has 1 aromatic carbocycles. The minimum atomic E-state index is 0.183. The molecule has 1 saturated carbocycles. The number of nitrogens with one attached hydrogen (secondary N) is 2. The number of rotatable bonds is 6. The summed E-state index contributed by atoms with van der Waals surface area (Å²) in [6, 6.07) is 8.57. The van der Waals surface area contributed by atoms with Gasteiger partial charge in [0.25, 0.3) is 0 Å². The maximum Gasteiger partial charge on any atom is 0.191 e. The van der Waals surface area contributed by atoms with Crippen LogP contribution in [0.3, 0.4) is 0 Å². The molecule has 1 aliphatic carbocycles. The zero-order valence-electron chi connectivity index (χ0n) is 17.6.